The first-order chi connectivity index (χ1) is 14.7. The van der Waals surface area contributed by atoms with E-state index in [1.807, 2.05) is 40.1 Å². The highest BCUT2D eigenvalue weighted by atomic mass is 19.1. The van der Waals surface area contributed by atoms with Crippen molar-refractivity contribution in [3.05, 3.63) is 78.6 Å². The highest BCUT2D eigenvalue weighted by Gasteiger charge is 2.23. The molecule has 30 heavy (non-hydrogen) atoms. The van der Waals surface area contributed by atoms with Gasteiger partial charge in [0.25, 0.3) is 5.91 Å². The van der Waals surface area contributed by atoms with Crippen LogP contribution in [0.1, 0.15) is 10.4 Å². The van der Waals surface area contributed by atoms with E-state index in [-0.39, 0.29) is 11.7 Å². The summed E-state index contributed by atoms with van der Waals surface area (Å²) in [6.45, 7) is 2.34. The number of hydrogen-bond donors (Lipinski definition) is 1. The van der Waals surface area contributed by atoms with Crippen molar-refractivity contribution in [3.63, 3.8) is 0 Å². The van der Waals surface area contributed by atoms with Crippen LogP contribution in [0.4, 0.5) is 10.1 Å². The normalized spacial score (nSPS) is 14.3. The highest BCUT2D eigenvalue weighted by molar-refractivity contribution is 5.96. The molecule has 1 aliphatic heterocycles. The van der Waals surface area contributed by atoms with Gasteiger partial charge in [-0.15, -0.1) is 0 Å². The maximum atomic E-state index is 14.0. The Kier molecular flexibility index (Phi) is 4.63. The van der Waals surface area contributed by atoms with Gasteiger partial charge in [-0.2, -0.15) is 0 Å². The molecule has 3 heterocycles. The fourth-order valence-electron chi connectivity index (χ4n) is 3.91. The minimum atomic E-state index is -0.228. The number of halogens is 1. The number of carbonyl (C=O) groups is 1. The van der Waals surface area contributed by atoms with Crippen LogP contribution in [0.3, 0.4) is 0 Å². The number of H-pyrrole nitrogens is 1. The second kappa shape index (κ2) is 7.59. The summed E-state index contributed by atoms with van der Waals surface area (Å²) >= 11 is 0. The average Bonchev–Trinajstić information content (AvgIpc) is 3.28. The van der Waals surface area contributed by atoms with Gasteiger partial charge in [-0.25, -0.2) is 9.37 Å². The summed E-state index contributed by atoms with van der Waals surface area (Å²) in [6, 6.07) is 14.3. The lowest BCUT2D eigenvalue weighted by Gasteiger charge is -2.36. The third kappa shape index (κ3) is 3.28. The van der Waals surface area contributed by atoms with Crippen LogP contribution in [0.15, 0.2) is 67.3 Å². The van der Waals surface area contributed by atoms with Crippen LogP contribution in [0.2, 0.25) is 0 Å². The zero-order valence-electron chi connectivity index (χ0n) is 16.3. The molecule has 0 saturated carbocycles. The molecule has 2 aromatic heterocycles. The van der Waals surface area contributed by atoms with Gasteiger partial charge in [0, 0.05) is 43.5 Å². The number of piperazine rings is 1. The molecular weight excluding hydrogens is 381 g/mol. The van der Waals surface area contributed by atoms with Crippen LogP contribution < -0.4 is 4.90 Å². The number of hydrogen-bond acceptors (Lipinski definition) is 4. The third-order valence-electron chi connectivity index (χ3n) is 5.53. The number of fused-ring (bicyclic) bond motifs is 1. The van der Waals surface area contributed by atoms with Crippen molar-refractivity contribution in [2.24, 2.45) is 0 Å². The Labute approximate surface area is 173 Å². The summed E-state index contributed by atoms with van der Waals surface area (Å²) in [5.74, 6) is -0.236. The molecule has 0 spiro atoms. The smallest absolute Gasteiger partial charge is 0.253 e. The number of para-hydroxylation sites is 1. The molecule has 150 valence electrons. The molecule has 0 unspecified atom stereocenters. The number of imidazole rings is 1. The van der Waals surface area contributed by atoms with Crippen LogP contribution in [0, 0.1) is 5.82 Å². The lowest BCUT2D eigenvalue weighted by molar-refractivity contribution is 0.0746. The van der Waals surface area contributed by atoms with E-state index < -0.39 is 0 Å². The van der Waals surface area contributed by atoms with Crippen LogP contribution in [0.5, 0.6) is 0 Å². The molecule has 4 aromatic rings. The Morgan fingerprint density at radius 3 is 2.50 bits per heavy atom. The number of nitrogens with zero attached hydrogens (tertiary/aromatic N) is 4. The molecule has 1 aliphatic rings. The van der Waals surface area contributed by atoms with Crippen LogP contribution in [-0.4, -0.2) is 51.9 Å². The van der Waals surface area contributed by atoms with Gasteiger partial charge < -0.3 is 14.8 Å². The van der Waals surface area contributed by atoms with Gasteiger partial charge in [0.1, 0.15) is 5.82 Å². The molecule has 1 N–H and O–H groups in total. The summed E-state index contributed by atoms with van der Waals surface area (Å²) in [5.41, 5.74) is 4.84. The Morgan fingerprint density at radius 2 is 1.73 bits per heavy atom. The Morgan fingerprint density at radius 1 is 0.967 bits per heavy atom. The first kappa shape index (κ1) is 18.3. The standard InChI is InChI=1S/C23H20FN5O/c24-19-3-1-2-4-21(19)28-9-11-29(12-10-28)23(30)17-7-5-16(6-8-17)18-13-25-14-20-22(18)27-15-26-20/h1-8,13-15H,9-12H2,(H,26,27). The Balaban J connectivity index is 1.29. The first-order valence-corrected chi connectivity index (χ1v) is 9.87. The molecule has 0 atom stereocenters. The van der Waals surface area contributed by atoms with Gasteiger partial charge in [0.15, 0.2) is 0 Å². The van der Waals surface area contributed by atoms with Gasteiger partial charge in [-0.1, -0.05) is 24.3 Å². The van der Waals surface area contributed by atoms with E-state index in [0.29, 0.717) is 37.4 Å². The molecule has 1 amide bonds. The number of benzene rings is 2. The first-order valence-electron chi connectivity index (χ1n) is 9.87. The molecule has 0 aliphatic carbocycles. The van der Waals surface area contributed by atoms with Gasteiger partial charge in [0.05, 0.1) is 29.2 Å². The fraction of sp³-hybridized carbons (Fsp3) is 0.174. The SMILES string of the molecule is O=C(c1ccc(-c2cncc3[nH]cnc23)cc1)N1CCN(c2ccccc2F)CC1. The molecule has 5 rings (SSSR count). The van der Waals surface area contributed by atoms with Gasteiger partial charge in [-0.3, -0.25) is 9.78 Å². The van der Waals surface area contributed by atoms with Crippen LogP contribution in [0.25, 0.3) is 22.2 Å². The highest BCUT2D eigenvalue weighted by Crippen LogP contribution is 2.26. The van der Waals surface area contributed by atoms with E-state index in [1.165, 1.54) is 6.07 Å². The molecule has 6 nitrogen and oxygen atoms in total. The fourth-order valence-corrected chi connectivity index (χ4v) is 3.91. The van der Waals surface area contributed by atoms with Crippen molar-refractivity contribution >= 4 is 22.6 Å². The maximum Gasteiger partial charge on any atom is 0.253 e. The zero-order valence-corrected chi connectivity index (χ0v) is 16.3. The molecule has 0 radical (unpaired) electrons. The minimum Gasteiger partial charge on any atom is -0.366 e. The summed E-state index contributed by atoms with van der Waals surface area (Å²) in [7, 11) is 0. The predicted octanol–water partition coefficient (Wildman–Crippen LogP) is 3.73. The average molecular weight is 401 g/mol. The number of anilines is 1. The van der Waals surface area contributed by atoms with Gasteiger partial charge >= 0.3 is 0 Å². The van der Waals surface area contributed by atoms with Crippen molar-refractivity contribution in [1.82, 2.24) is 19.9 Å². The number of amides is 1. The zero-order chi connectivity index (χ0) is 20.5. The van der Waals surface area contributed by atoms with Crippen molar-refractivity contribution in [2.75, 3.05) is 31.1 Å². The summed E-state index contributed by atoms with van der Waals surface area (Å²) < 4.78 is 14.0. The topological polar surface area (TPSA) is 65.1 Å². The van der Waals surface area contributed by atoms with Crippen molar-refractivity contribution in [1.29, 1.82) is 0 Å². The molecule has 1 saturated heterocycles. The van der Waals surface area contributed by atoms with Crippen molar-refractivity contribution < 1.29 is 9.18 Å². The second-order valence-corrected chi connectivity index (χ2v) is 7.29. The van der Waals surface area contributed by atoms with Crippen molar-refractivity contribution in [2.45, 2.75) is 0 Å². The minimum absolute atomic E-state index is 0.00848. The molecule has 2 aromatic carbocycles. The number of pyridine rings is 1. The number of aromatic amines is 1. The van der Waals surface area contributed by atoms with Crippen molar-refractivity contribution in [3.8, 4) is 11.1 Å². The maximum absolute atomic E-state index is 14.0. The largest absolute Gasteiger partial charge is 0.366 e. The predicted molar refractivity (Wildman–Crippen MR) is 114 cm³/mol. The van der Waals surface area contributed by atoms with Gasteiger partial charge in [0.2, 0.25) is 0 Å². The Bertz CT molecular complexity index is 1200. The number of rotatable bonds is 3. The van der Waals surface area contributed by atoms with Gasteiger partial charge in [-0.05, 0) is 29.8 Å². The number of carbonyl (C=O) groups excluding carboxylic acids is 1. The van der Waals surface area contributed by atoms with E-state index >= 15 is 0 Å². The Hall–Kier alpha value is -3.74. The summed E-state index contributed by atoms with van der Waals surface area (Å²) in [4.78, 5) is 28.4. The number of aromatic nitrogens is 3. The monoisotopic (exact) mass is 401 g/mol. The molecule has 1 fully saturated rings. The lowest BCUT2D eigenvalue weighted by Crippen LogP contribution is -2.49. The lowest BCUT2D eigenvalue weighted by atomic mass is 10.0. The molecule has 0 bridgehead atoms. The van der Waals surface area contributed by atoms with E-state index in [4.69, 9.17) is 0 Å². The molecule has 7 heteroatoms. The summed E-state index contributed by atoms with van der Waals surface area (Å²) in [6.07, 6.45) is 5.17. The van der Waals surface area contributed by atoms with E-state index in [9.17, 15) is 9.18 Å². The van der Waals surface area contributed by atoms with Crippen LogP contribution >= 0.6 is 0 Å². The summed E-state index contributed by atoms with van der Waals surface area (Å²) in [5, 5.41) is 0. The second-order valence-electron chi connectivity index (χ2n) is 7.29. The number of nitrogens with one attached hydrogen (secondary N) is 1. The molecular formula is C23H20FN5O. The van der Waals surface area contributed by atoms with E-state index in [0.717, 1.165) is 22.2 Å². The van der Waals surface area contributed by atoms with E-state index in [2.05, 4.69) is 15.0 Å². The van der Waals surface area contributed by atoms with E-state index in [1.54, 1.807) is 30.9 Å². The quantitative estimate of drug-likeness (QED) is 0.568. The van der Waals surface area contributed by atoms with Crippen LogP contribution in [-0.2, 0) is 0 Å². The third-order valence-corrected chi connectivity index (χ3v) is 5.53.